The van der Waals surface area contributed by atoms with Crippen molar-refractivity contribution in [2.24, 2.45) is 5.92 Å². The SMILES string of the molecule is Cc1ccccc1NS(=O)(=O)c1ccc(NC(=O)NCC(C)C)cc1. The van der Waals surface area contributed by atoms with Crippen molar-refractivity contribution in [1.29, 1.82) is 0 Å². The third-order valence-corrected chi connectivity index (χ3v) is 4.86. The van der Waals surface area contributed by atoms with E-state index >= 15 is 0 Å². The van der Waals surface area contributed by atoms with E-state index in [1.54, 1.807) is 24.3 Å². The summed E-state index contributed by atoms with van der Waals surface area (Å²) in [6.07, 6.45) is 0. The number of carbonyl (C=O) groups excluding carboxylic acids is 1. The largest absolute Gasteiger partial charge is 0.338 e. The summed E-state index contributed by atoms with van der Waals surface area (Å²) in [6, 6.07) is 12.9. The van der Waals surface area contributed by atoms with Gasteiger partial charge in [0.15, 0.2) is 0 Å². The van der Waals surface area contributed by atoms with Crippen LogP contribution in [0.1, 0.15) is 19.4 Å². The van der Waals surface area contributed by atoms with Crippen molar-refractivity contribution in [3.05, 3.63) is 54.1 Å². The fourth-order valence-electron chi connectivity index (χ4n) is 2.08. The molecular weight excluding hydrogens is 338 g/mol. The monoisotopic (exact) mass is 361 g/mol. The summed E-state index contributed by atoms with van der Waals surface area (Å²) < 4.78 is 27.5. The van der Waals surface area contributed by atoms with Crippen LogP contribution in [0.2, 0.25) is 0 Å². The lowest BCUT2D eigenvalue weighted by molar-refractivity contribution is 0.251. The van der Waals surface area contributed by atoms with Gasteiger partial charge in [-0.15, -0.1) is 0 Å². The van der Waals surface area contributed by atoms with Crippen LogP contribution in [0.3, 0.4) is 0 Å². The average Bonchev–Trinajstić information content (AvgIpc) is 2.55. The van der Waals surface area contributed by atoms with Crippen LogP contribution in [0.15, 0.2) is 53.4 Å². The summed E-state index contributed by atoms with van der Waals surface area (Å²) in [5.41, 5.74) is 1.90. The minimum Gasteiger partial charge on any atom is -0.338 e. The molecule has 0 aliphatic rings. The molecule has 134 valence electrons. The Morgan fingerprint density at radius 2 is 1.68 bits per heavy atom. The molecule has 0 atom stereocenters. The van der Waals surface area contributed by atoms with Gasteiger partial charge in [0.2, 0.25) is 0 Å². The molecule has 0 spiro atoms. The number of rotatable bonds is 6. The standard InChI is InChI=1S/C18H23N3O3S/c1-13(2)12-19-18(22)20-15-8-10-16(11-9-15)25(23,24)21-17-7-5-4-6-14(17)3/h4-11,13,21H,12H2,1-3H3,(H2,19,20,22). The van der Waals surface area contributed by atoms with Gasteiger partial charge in [0.1, 0.15) is 0 Å². The number of hydrogen-bond acceptors (Lipinski definition) is 3. The number of benzene rings is 2. The average molecular weight is 361 g/mol. The Bertz CT molecular complexity index is 831. The second kappa shape index (κ2) is 8.02. The van der Waals surface area contributed by atoms with Crippen molar-refractivity contribution in [1.82, 2.24) is 5.32 Å². The molecule has 0 aromatic heterocycles. The highest BCUT2D eigenvalue weighted by Crippen LogP contribution is 2.20. The Hall–Kier alpha value is -2.54. The zero-order valence-corrected chi connectivity index (χ0v) is 15.4. The second-order valence-electron chi connectivity index (χ2n) is 6.17. The van der Waals surface area contributed by atoms with Crippen LogP contribution in [0.4, 0.5) is 16.2 Å². The molecule has 0 saturated carbocycles. The Labute approximate surface area is 148 Å². The highest BCUT2D eigenvalue weighted by atomic mass is 32.2. The third-order valence-electron chi connectivity index (χ3n) is 3.48. The molecule has 0 saturated heterocycles. The lowest BCUT2D eigenvalue weighted by Crippen LogP contribution is -2.31. The quantitative estimate of drug-likeness (QED) is 0.735. The van der Waals surface area contributed by atoms with Gasteiger partial charge in [-0.3, -0.25) is 4.72 Å². The molecular formula is C18H23N3O3S. The maximum Gasteiger partial charge on any atom is 0.319 e. The van der Waals surface area contributed by atoms with Crippen molar-refractivity contribution < 1.29 is 13.2 Å². The van der Waals surface area contributed by atoms with Gasteiger partial charge in [-0.2, -0.15) is 0 Å². The predicted molar refractivity (Wildman–Crippen MR) is 100 cm³/mol. The number of aryl methyl sites for hydroxylation is 1. The molecule has 7 heteroatoms. The number of nitrogens with one attached hydrogen (secondary N) is 3. The fourth-order valence-corrected chi connectivity index (χ4v) is 3.21. The van der Waals surface area contributed by atoms with Gasteiger partial charge in [-0.1, -0.05) is 32.0 Å². The summed E-state index contributed by atoms with van der Waals surface area (Å²) in [5.74, 6) is 0.353. The van der Waals surface area contributed by atoms with Crippen LogP contribution in [-0.4, -0.2) is 21.0 Å². The molecule has 2 amide bonds. The number of hydrogen-bond donors (Lipinski definition) is 3. The minimum atomic E-state index is -3.68. The van der Waals surface area contributed by atoms with E-state index in [0.29, 0.717) is 23.8 Å². The van der Waals surface area contributed by atoms with E-state index in [4.69, 9.17) is 0 Å². The molecule has 2 aromatic rings. The zero-order valence-electron chi connectivity index (χ0n) is 14.5. The normalized spacial score (nSPS) is 11.2. The number of amides is 2. The smallest absolute Gasteiger partial charge is 0.319 e. The first-order chi connectivity index (χ1) is 11.8. The number of sulfonamides is 1. The molecule has 0 aliphatic heterocycles. The molecule has 25 heavy (non-hydrogen) atoms. The van der Waals surface area contributed by atoms with Gasteiger partial charge in [0, 0.05) is 12.2 Å². The Morgan fingerprint density at radius 1 is 1.04 bits per heavy atom. The van der Waals surface area contributed by atoms with Crippen LogP contribution < -0.4 is 15.4 Å². The molecule has 2 rings (SSSR count). The zero-order chi connectivity index (χ0) is 18.4. The van der Waals surface area contributed by atoms with Crippen LogP contribution in [0, 0.1) is 12.8 Å². The summed E-state index contributed by atoms with van der Waals surface area (Å²) in [7, 11) is -3.68. The first-order valence-corrected chi connectivity index (χ1v) is 9.49. The molecule has 2 aromatic carbocycles. The predicted octanol–water partition coefficient (Wildman–Crippen LogP) is 3.57. The molecule has 0 fully saturated rings. The van der Waals surface area contributed by atoms with E-state index in [0.717, 1.165) is 5.56 Å². The van der Waals surface area contributed by atoms with E-state index < -0.39 is 10.0 Å². The van der Waals surface area contributed by atoms with Crippen LogP contribution >= 0.6 is 0 Å². The lowest BCUT2D eigenvalue weighted by Gasteiger charge is -2.12. The topological polar surface area (TPSA) is 87.3 Å². The van der Waals surface area contributed by atoms with E-state index in [-0.39, 0.29) is 10.9 Å². The van der Waals surface area contributed by atoms with Crippen molar-refractivity contribution in [3.63, 3.8) is 0 Å². The summed E-state index contributed by atoms with van der Waals surface area (Å²) >= 11 is 0. The van der Waals surface area contributed by atoms with E-state index in [2.05, 4.69) is 15.4 Å². The maximum atomic E-state index is 12.5. The molecule has 0 radical (unpaired) electrons. The van der Waals surface area contributed by atoms with Crippen molar-refractivity contribution in [2.45, 2.75) is 25.7 Å². The van der Waals surface area contributed by atoms with E-state index in [9.17, 15) is 13.2 Å². The first kappa shape index (κ1) is 18.8. The number of carbonyl (C=O) groups is 1. The fraction of sp³-hybridized carbons (Fsp3) is 0.278. The van der Waals surface area contributed by atoms with Gasteiger partial charge in [-0.25, -0.2) is 13.2 Å². The van der Waals surface area contributed by atoms with Gasteiger partial charge in [-0.05, 0) is 48.7 Å². The van der Waals surface area contributed by atoms with Crippen LogP contribution in [0.25, 0.3) is 0 Å². The lowest BCUT2D eigenvalue weighted by atomic mass is 10.2. The third kappa shape index (κ3) is 5.49. The Kier molecular flexibility index (Phi) is 6.03. The van der Waals surface area contributed by atoms with Crippen molar-refractivity contribution in [2.75, 3.05) is 16.6 Å². The van der Waals surface area contributed by atoms with Crippen molar-refractivity contribution in [3.8, 4) is 0 Å². The van der Waals surface area contributed by atoms with Gasteiger partial charge in [0.05, 0.1) is 10.6 Å². The molecule has 0 unspecified atom stereocenters. The van der Waals surface area contributed by atoms with Gasteiger partial charge < -0.3 is 10.6 Å². The molecule has 6 nitrogen and oxygen atoms in total. The molecule has 0 aliphatic carbocycles. The van der Waals surface area contributed by atoms with Crippen LogP contribution in [-0.2, 0) is 10.0 Å². The maximum absolute atomic E-state index is 12.5. The van der Waals surface area contributed by atoms with Gasteiger partial charge >= 0.3 is 6.03 Å². The summed E-state index contributed by atoms with van der Waals surface area (Å²) in [6.45, 7) is 6.40. The summed E-state index contributed by atoms with van der Waals surface area (Å²) in [4.78, 5) is 11.9. The van der Waals surface area contributed by atoms with Crippen molar-refractivity contribution >= 4 is 27.4 Å². The number of anilines is 2. The van der Waals surface area contributed by atoms with E-state index in [1.807, 2.05) is 32.9 Å². The summed E-state index contributed by atoms with van der Waals surface area (Å²) in [5, 5.41) is 5.40. The number of urea groups is 1. The highest BCUT2D eigenvalue weighted by molar-refractivity contribution is 7.92. The Morgan fingerprint density at radius 3 is 2.28 bits per heavy atom. The minimum absolute atomic E-state index is 0.129. The molecule has 3 N–H and O–H groups in total. The second-order valence-corrected chi connectivity index (χ2v) is 7.86. The van der Waals surface area contributed by atoms with E-state index in [1.165, 1.54) is 12.1 Å². The molecule has 0 heterocycles. The number of para-hydroxylation sites is 1. The Balaban J connectivity index is 2.06. The first-order valence-electron chi connectivity index (χ1n) is 8.01. The highest BCUT2D eigenvalue weighted by Gasteiger charge is 2.15. The molecule has 0 bridgehead atoms. The van der Waals surface area contributed by atoms with Gasteiger partial charge in [0.25, 0.3) is 10.0 Å². The van der Waals surface area contributed by atoms with Crippen LogP contribution in [0.5, 0.6) is 0 Å².